The summed E-state index contributed by atoms with van der Waals surface area (Å²) in [6.07, 6.45) is 2.52. The number of halogens is 2. The molecular weight excluding hydrogens is 299 g/mol. The second kappa shape index (κ2) is 5.80. The maximum Gasteiger partial charge on any atom is 0.252 e. The van der Waals surface area contributed by atoms with Crippen molar-refractivity contribution in [3.63, 3.8) is 0 Å². The second-order valence-electron chi connectivity index (χ2n) is 4.59. The number of nitrogens with zero attached hydrogens (tertiary/aromatic N) is 1. The zero-order valence-corrected chi connectivity index (χ0v) is 11.8. The van der Waals surface area contributed by atoms with E-state index in [9.17, 15) is 9.18 Å². The number of hydrogen-bond donors (Lipinski definition) is 1. The van der Waals surface area contributed by atoms with Gasteiger partial charge in [0, 0.05) is 23.6 Å². The standard InChI is InChI=1S/C13H16BrFN2O/c1-17(10-3-4-10)7-6-16-13(18)11-5-2-9(15)8-12(11)14/h2,5,8,10H,3-4,6-7H2,1H3,(H,16,18). The van der Waals surface area contributed by atoms with Gasteiger partial charge >= 0.3 is 0 Å². The van der Waals surface area contributed by atoms with Crippen LogP contribution >= 0.6 is 15.9 Å². The molecule has 98 valence electrons. The smallest absolute Gasteiger partial charge is 0.252 e. The Labute approximate surface area is 114 Å². The third kappa shape index (κ3) is 3.53. The molecule has 0 saturated heterocycles. The molecule has 0 radical (unpaired) electrons. The molecule has 1 aromatic carbocycles. The van der Waals surface area contributed by atoms with Crippen molar-refractivity contribution in [3.05, 3.63) is 34.1 Å². The number of rotatable bonds is 5. The largest absolute Gasteiger partial charge is 0.351 e. The van der Waals surface area contributed by atoms with Gasteiger partial charge < -0.3 is 10.2 Å². The normalized spacial score (nSPS) is 14.9. The lowest BCUT2D eigenvalue weighted by atomic mass is 10.2. The third-order valence-electron chi connectivity index (χ3n) is 3.10. The minimum absolute atomic E-state index is 0.175. The highest BCUT2D eigenvalue weighted by Crippen LogP contribution is 2.24. The zero-order valence-electron chi connectivity index (χ0n) is 10.2. The molecule has 0 aromatic heterocycles. The van der Waals surface area contributed by atoms with Crippen LogP contribution in [0.15, 0.2) is 22.7 Å². The van der Waals surface area contributed by atoms with E-state index in [1.807, 2.05) is 0 Å². The average molecular weight is 315 g/mol. The Morgan fingerprint density at radius 1 is 1.56 bits per heavy atom. The number of likely N-dealkylation sites (N-methyl/N-ethyl adjacent to an activating group) is 1. The molecule has 1 aliphatic carbocycles. The van der Waals surface area contributed by atoms with Crippen LogP contribution in [-0.2, 0) is 0 Å². The number of carbonyl (C=O) groups excluding carboxylic acids is 1. The monoisotopic (exact) mass is 314 g/mol. The molecule has 1 fully saturated rings. The summed E-state index contributed by atoms with van der Waals surface area (Å²) in [7, 11) is 2.07. The predicted octanol–water partition coefficient (Wildman–Crippen LogP) is 2.41. The molecule has 1 amide bonds. The van der Waals surface area contributed by atoms with Crippen LogP contribution in [0.4, 0.5) is 4.39 Å². The number of amides is 1. The van der Waals surface area contributed by atoms with Crippen LogP contribution in [0.25, 0.3) is 0 Å². The average Bonchev–Trinajstić information content (AvgIpc) is 3.12. The van der Waals surface area contributed by atoms with E-state index in [0.717, 1.165) is 6.54 Å². The van der Waals surface area contributed by atoms with Crippen molar-refractivity contribution in [1.29, 1.82) is 0 Å². The fraction of sp³-hybridized carbons (Fsp3) is 0.462. The summed E-state index contributed by atoms with van der Waals surface area (Å²) in [5.41, 5.74) is 0.463. The minimum Gasteiger partial charge on any atom is -0.351 e. The zero-order chi connectivity index (χ0) is 13.1. The molecule has 1 saturated carbocycles. The Balaban J connectivity index is 1.83. The van der Waals surface area contributed by atoms with Crippen molar-refractivity contribution in [2.45, 2.75) is 18.9 Å². The first kappa shape index (κ1) is 13.5. The molecule has 5 heteroatoms. The van der Waals surface area contributed by atoms with Gasteiger partial charge in [-0.25, -0.2) is 4.39 Å². The summed E-state index contributed by atoms with van der Waals surface area (Å²) in [5, 5.41) is 2.84. The summed E-state index contributed by atoms with van der Waals surface area (Å²) in [6, 6.07) is 4.76. The van der Waals surface area contributed by atoms with E-state index in [4.69, 9.17) is 0 Å². The molecule has 2 rings (SSSR count). The Morgan fingerprint density at radius 2 is 2.28 bits per heavy atom. The van der Waals surface area contributed by atoms with Crippen molar-refractivity contribution in [2.75, 3.05) is 20.1 Å². The van der Waals surface area contributed by atoms with Gasteiger partial charge in [-0.05, 0) is 54.0 Å². The quantitative estimate of drug-likeness (QED) is 0.905. The van der Waals surface area contributed by atoms with E-state index in [-0.39, 0.29) is 11.7 Å². The topological polar surface area (TPSA) is 32.3 Å². The lowest BCUT2D eigenvalue weighted by Crippen LogP contribution is -2.34. The van der Waals surface area contributed by atoms with Gasteiger partial charge in [-0.1, -0.05) is 0 Å². The van der Waals surface area contributed by atoms with Gasteiger partial charge in [0.05, 0.1) is 5.56 Å². The van der Waals surface area contributed by atoms with E-state index >= 15 is 0 Å². The summed E-state index contributed by atoms with van der Waals surface area (Å²) < 4.78 is 13.4. The van der Waals surface area contributed by atoms with E-state index in [1.54, 1.807) is 0 Å². The highest BCUT2D eigenvalue weighted by atomic mass is 79.9. The molecule has 1 aromatic rings. The van der Waals surface area contributed by atoms with Gasteiger partial charge in [0.1, 0.15) is 5.82 Å². The Kier molecular flexibility index (Phi) is 4.35. The highest BCUT2D eigenvalue weighted by molar-refractivity contribution is 9.10. The van der Waals surface area contributed by atoms with Crippen LogP contribution in [0.3, 0.4) is 0 Å². The summed E-state index contributed by atoms with van der Waals surface area (Å²) in [4.78, 5) is 14.1. The fourth-order valence-corrected chi connectivity index (χ4v) is 2.34. The SMILES string of the molecule is CN(CCNC(=O)c1ccc(F)cc1Br)C1CC1. The molecule has 0 unspecified atom stereocenters. The van der Waals surface area contributed by atoms with Crippen molar-refractivity contribution in [3.8, 4) is 0 Å². The summed E-state index contributed by atoms with van der Waals surface area (Å²) in [6.45, 7) is 1.45. The fourth-order valence-electron chi connectivity index (χ4n) is 1.81. The van der Waals surface area contributed by atoms with Crippen LogP contribution in [-0.4, -0.2) is 37.0 Å². The molecular formula is C13H16BrFN2O. The predicted molar refractivity (Wildman–Crippen MR) is 72.1 cm³/mol. The highest BCUT2D eigenvalue weighted by Gasteiger charge is 2.25. The molecule has 18 heavy (non-hydrogen) atoms. The van der Waals surface area contributed by atoms with E-state index in [0.29, 0.717) is 22.6 Å². The molecule has 3 nitrogen and oxygen atoms in total. The van der Waals surface area contributed by atoms with Crippen molar-refractivity contribution < 1.29 is 9.18 Å². The molecule has 1 aliphatic rings. The summed E-state index contributed by atoms with van der Waals surface area (Å²) >= 11 is 3.19. The van der Waals surface area contributed by atoms with Crippen molar-refractivity contribution in [2.24, 2.45) is 0 Å². The molecule has 0 aliphatic heterocycles. The third-order valence-corrected chi connectivity index (χ3v) is 3.75. The minimum atomic E-state index is -0.355. The molecule has 0 atom stereocenters. The van der Waals surface area contributed by atoms with Gasteiger partial charge in [-0.3, -0.25) is 4.79 Å². The Bertz CT molecular complexity index is 449. The van der Waals surface area contributed by atoms with Crippen LogP contribution in [0.2, 0.25) is 0 Å². The molecule has 0 heterocycles. The number of carbonyl (C=O) groups is 1. The number of nitrogens with one attached hydrogen (secondary N) is 1. The lowest BCUT2D eigenvalue weighted by Gasteiger charge is -2.15. The first-order valence-electron chi connectivity index (χ1n) is 6.01. The molecule has 0 spiro atoms. The number of benzene rings is 1. The van der Waals surface area contributed by atoms with E-state index < -0.39 is 0 Å². The summed E-state index contributed by atoms with van der Waals surface area (Å²) in [5.74, 6) is -0.530. The van der Waals surface area contributed by atoms with E-state index in [1.165, 1.54) is 31.0 Å². The molecule has 1 N–H and O–H groups in total. The van der Waals surface area contributed by atoms with Gasteiger partial charge in [0.2, 0.25) is 0 Å². The molecule has 0 bridgehead atoms. The maximum absolute atomic E-state index is 12.9. The van der Waals surface area contributed by atoms with Gasteiger partial charge in [-0.2, -0.15) is 0 Å². The lowest BCUT2D eigenvalue weighted by molar-refractivity contribution is 0.0948. The Hall–Kier alpha value is -0.940. The van der Waals surface area contributed by atoms with Crippen LogP contribution < -0.4 is 5.32 Å². The van der Waals surface area contributed by atoms with Gasteiger partial charge in [0.25, 0.3) is 5.91 Å². The van der Waals surface area contributed by atoms with Crippen LogP contribution in [0.1, 0.15) is 23.2 Å². The second-order valence-corrected chi connectivity index (χ2v) is 5.45. The van der Waals surface area contributed by atoms with Crippen LogP contribution in [0.5, 0.6) is 0 Å². The van der Waals surface area contributed by atoms with Crippen molar-refractivity contribution >= 4 is 21.8 Å². The van der Waals surface area contributed by atoms with E-state index in [2.05, 4.69) is 33.2 Å². The van der Waals surface area contributed by atoms with Crippen molar-refractivity contribution in [1.82, 2.24) is 10.2 Å². The van der Waals surface area contributed by atoms with Crippen LogP contribution in [0, 0.1) is 5.82 Å². The first-order valence-corrected chi connectivity index (χ1v) is 6.80. The van der Waals surface area contributed by atoms with Gasteiger partial charge in [0.15, 0.2) is 0 Å². The maximum atomic E-state index is 12.9. The van der Waals surface area contributed by atoms with Gasteiger partial charge in [-0.15, -0.1) is 0 Å². The number of hydrogen-bond acceptors (Lipinski definition) is 2. The first-order chi connectivity index (χ1) is 8.58. The Morgan fingerprint density at radius 3 is 2.89 bits per heavy atom.